The van der Waals surface area contributed by atoms with Crippen LogP contribution >= 0.6 is 0 Å². The predicted octanol–water partition coefficient (Wildman–Crippen LogP) is 2.56. The van der Waals surface area contributed by atoms with Gasteiger partial charge in [-0.25, -0.2) is 4.68 Å². The van der Waals surface area contributed by atoms with Crippen LogP contribution in [0.1, 0.15) is 16.8 Å². The molecule has 0 atom stereocenters. The number of nitrogens with zero attached hydrogens (tertiary/aromatic N) is 3. The van der Waals surface area contributed by atoms with Gasteiger partial charge in [0.15, 0.2) is 0 Å². The van der Waals surface area contributed by atoms with Gasteiger partial charge in [-0.2, -0.15) is 5.10 Å². The van der Waals surface area contributed by atoms with Crippen LogP contribution in [-0.4, -0.2) is 14.7 Å². The summed E-state index contributed by atoms with van der Waals surface area (Å²) >= 11 is 0. The molecule has 0 spiro atoms. The minimum atomic E-state index is -0.400. The zero-order valence-corrected chi connectivity index (χ0v) is 11.2. The first-order chi connectivity index (χ1) is 9.00. The second-order valence-corrected chi connectivity index (χ2v) is 4.44. The van der Waals surface area contributed by atoms with Crippen molar-refractivity contribution in [1.29, 1.82) is 0 Å². The summed E-state index contributed by atoms with van der Waals surface area (Å²) in [6, 6.07) is 7.93. The van der Waals surface area contributed by atoms with Crippen molar-refractivity contribution in [2.24, 2.45) is 7.05 Å². The normalized spacial score (nSPS) is 10.5. The number of nitrogens with one attached hydrogen (secondary N) is 1. The quantitative estimate of drug-likeness (QED) is 0.677. The summed E-state index contributed by atoms with van der Waals surface area (Å²) in [6.45, 7) is 4.18. The second kappa shape index (κ2) is 5.09. The van der Waals surface area contributed by atoms with Gasteiger partial charge in [0.05, 0.1) is 4.92 Å². The van der Waals surface area contributed by atoms with Crippen molar-refractivity contribution < 1.29 is 4.92 Å². The standard InChI is InChI=1S/C13H16N4O2/c1-9-6-4-5-7-11(9)8-14-13-12(17(18)19)10(2)15-16(13)3/h4-7,14H,8H2,1-3H3. The fraction of sp³-hybridized carbons (Fsp3) is 0.308. The minimum absolute atomic E-state index is 0.0380. The van der Waals surface area contributed by atoms with Crippen LogP contribution in [0.15, 0.2) is 24.3 Å². The van der Waals surface area contributed by atoms with Gasteiger partial charge in [-0.15, -0.1) is 0 Å². The van der Waals surface area contributed by atoms with Gasteiger partial charge in [-0.1, -0.05) is 24.3 Å². The molecule has 0 unspecified atom stereocenters. The van der Waals surface area contributed by atoms with E-state index in [4.69, 9.17) is 0 Å². The van der Waals surface area contributed by atoms with Crippen LogP contribution < -0.4 is 5.32 Å². The first-order valence-corrected chi connectivity index (χ1v) is 5.97. The van der Waals surface area contributed by atoms with E-state index in [-0.39, 0.29) is 5.69 Å². The van der Waals surface area contributed by atoms with Crippen LogP contribution in [0.5, 0.6) is 0 Å². The Balaban J connectivity index is 2.25. The smallest absolute Gasteiger partial charge is 0.333 e. The lowest BCUT2D eigenvalue weighted by molar-refractivity contribution is -0.384. The molecule has 1 aromatic carbocycles. The zero-order valence-electron chi connectivity index (χ0n) is 11.2. The van der Waals surface area contributed by atoms with Crippen molar-refractivity contribution in [2.45, 2.75) is 20.4 Å². The van der Waals surface area contributed by atoms with Gasteiger partial charge >= 0.3 is 5.69 Å². The molecule has 1 N–H and O–H groups in total. The largest absolute Gasteiger partial charge is 0.360 e. The molecule has 0 aliphatic rings. The molecule has 0 fully saturated rings. The van der Waals surface area contributed by atoms with Crippen molar-refractivity contribution in [3.05, 3.63) is 51.2 Å². The highest BCUT2D eigenvalue weighted by molar-refractivity contribution is 5.59. The molecule has 0 bridgehead atoms. The molecule has 0 radical (unpaired) electrons. The topological polar surface area (TPSA) is 73.0 Å². The van der Waals surface area contributed by atoms with E-state index in [0.29, 0.717) is 18.1 Å². The molecule has 2 aromatic rings. The van der Waals surface area contributed by atoms with Gasteiger partial charge in [0, 0.05) is 13.6 Å². The highest BCUT2D eigenvalue weighted by Crippen LogP contribution is 2.27. The Morgan fingerprint density at radius 1 is 1.37 bits per heavy atom. The molecule has 1 heterocycles. The van der Waals surface area contributed by atoms with Crippen LogP contribution in [0.2, 0.25) is 0 Å². The molecule has 0 saturated heterocycles. The average Bonchev–Trinajstić information content (AvgIpc) is 2.63. The van der Waals surface area contributed by atoms with Crippen molar-refractivity contribution in [2.75, 3.05) is 5.32 Å². The van der Waals surface area contributed by atoms with Crippen molar-refractivity contribution in [3.63, 3.8) is 0 Å². The van der Waals surface area contributed by atoms with Crippen LogP contribution in [0, 0.1) is 24.0 Å². The Kier molecular flexibility index (Phi) is 3.50. The monoisotopic (exact) mass is 260 g/mol. The molecule has 0 aliphatic heterocycles. The molecule has 6 nitrogen and oxygen atoms in total. The fourth-order valence-electron chi connectivity index (χ4n) is 2.05. The molecule has 2 rings (SSSR count). The lowest BCUT2D eigenvalue weighted by Gasteiger charge is -2.08. The molecule has 1 aromatic heterocycles. The third-order valence-corrected chi connectivity index (χ3v) is 3.08. The molecular formula is C13H16N4O2. The van der Waals surface area contributed by atoms with Crippen LogP contribution in [-0.2, 0) is 13.6 Å². The number of aryl methyl sites for hydroxylation is 3. The van der Waals surface area contributed by atoms with E-state index >= 15 is 0 Å². The third-order valence-electron chi connectivity index (χ3n) is 3.08. The fourth-order valence-corrected chi connectivity index (χ4v) is 2.05. The molecule has 6 heteroatoms. The molecule has 100 valence electrons. The van der Waals surface area contributed by atoms with E-state index in [1.165, 1.54) is 4.68 Å². The van der Waals surface area contributed by atoms with E-state index in [1.807, 2.05) is 31.2 Å². The number of hydrogen-bond acceptors (Lipinski definition) is 4. The van der Waals surface area contributed by atoms with Crippen LogP contribution in [0.3, 0.4) is 0 Å². The number of anilines is 1. The van der Waals surface area contributed by atoms with Crippen molar-refractivity contribution in [1.82, 2.24) is 9.78 Å². The van der Waals surface area contributed by atoms with Gasteiger partial charge < -0.3 is 5.32 Å². The lowest BCUT2D eigenvalue weighted by atomic mass is 10.1. The Labute approximate surface area is 111 Å². The molecule has 0 amide bonds. The lowest BCUT2D eigenvalue weighted by Crippen LogP contribution is -2.07. The molecule has 0 saturated carbocycles. The number of hydrogen-bond donors (Lipinski definition) is 1. The van der Waals surface area contributed by atoms with E-state index in [1.54, 1.807) is 14.0 Å². The number of nitro groups is 1. The van der Waals surface area contributed by atoms with Gasteiger partial charge in [0.25, 0.3) is 0 Å². The Morgan fingerprint density at radius 2 is 2.05 bits per heavy atom. The van der Waals surface area contributed by atoms with Crippen LogP contribution in [0.25, 0.3) is 0 Å². The Hall–Kier alpha value is -2.37. The van der Waals surface area contributed by atoms with Gasteiger partial charge in [0.2, 0.25) is 5.82 Å². The summed E-state index contributed by atoms with van der Waals surface area (Å²) in [5.74, 6) is 0.436. The number of benzene rings is 1. The predicted molar refractivity (Wildman–Crippen MR) is 73.1 cm³/mol. The number of aromatic nitrogens is 2. The zero-order chi connectivity index (χ0) is 14.0. The Morgan fingerprint density at radius 3 is 2.68 bits per heavy atom. The van der Waals surface area contributed by atoms with Gasteiger partial charge in [0.1, 0.15) is 5.69 Å². The van der Waals surface area contributed by atoms with E-state index < -0.39 is 4.92 Å². The SMILES string of the molecule is Cc1ccccc1CNc1c([N+](=O)[O-])c(C)nn1C. The highest BCUT2D eigenvalue weighted by Gasteiger charge is 2.23. The summed E-state index contributed by atoms with van der Waals surface area (Å²) in [6.07, 6.45) is 0. The number of rotatable bonds is 4. The van der Waals surface area contributed by atoms with E-state index in [9.17, 15) is 10.1 Å². The maximum absolute atomic E-state index is 11.0. The average molecular weight is 260 g/mol. The maximum atomic E-state index is 11.0. The summed E-state index contributed by atoms with van der Waals surface area (Å²) < 4.78 is 1.51. The molecule has 19 heavy (non-hydrogen) atoms. The summed E-state index contributed by atoms with van der Waals surface area (Å²) in [5.41, 5.74) is 2.71. The summed E-state index contributed by atoms with van der Waals surface area (Å²) in [4.78, 5) is 10.6. The van der Waals surface area contributed by atoms with Crippen molar-refractivity contribution in [3.8, 4) is 0 Å². The summed E-state index contributed by atoms with van der Waals surface area (Å²) in [5, 5.41) is 18.2. The maximum Gasteiger partial charge on any atom is 0.333 e. The molecule has 0 aliphatic carbocycles. The van der Waals surface area contributed by atoms with Crippen LogP contribution in [0.4, 0.5) is 11.5 Å². The summed E-state index contributed by atoms with van der Waals surface area (Å²) in [7, 11) is 1.69. The molecular weight excluding hydrogens is 244 g/mol. The van der Waals surface area contributed by atoms with E-state index in [2.05, 4.69) is 10.4 Å². The third kappa shape index (κ3) is 2.57. The van der Waals surface area contributed by atoms with Crippen molar-refractivity contribution >= 4 is 11.5 Å². The highest BCUT2D eigenvalue weighted by atomic mass is 16.6. The first kappa shape index (κ1) is 13.1. The Bertz CT molecular complexity index is 619. The van der Waals surface area contributed by atoms with E-state index in [0.717, 1.165) is 11.1 Å². The second-order valence-electron chi connectivity index (χ2n) is 4.44. The first-order valence-electron chi connectivity index (χ1n) is 5.97. The van der Waals surface area contributed by atoms with Gasteiger partial charge in [-0.05, 0) is 25.0 Å². The minimum Gasteiger partial charge on any atom is -0.360 e. The van der Waals surface area contributed by atoms with Gasteiger partial charge in [-0.3, -0.25) is 10.1 Å².